The molecule has 1 fully saturated rings. The second kappa shape index (κ2) is 7.90. The van der Waals surface area contributed by atoms with Gasteiger partial charge in [-0.2, -0.15) is 14.6 Å². The Balaban J connectivity index is 1.52. The van der Waals surface area contributed by atoms with E-state index in [1.165, 1.54) is 17.3 Å². The summed E-state index contributed by atoms with van der Waals surface area (Å²) in [5.41, 5.74) is 0.339. The number of amides is 1. The first-order valence-electron chi connectivity index (χ1n) is 9.33. The minimum absolute atomic E-state index is 0.0779. The molecular formula is C19H21F2N5OS. The van der Waals surface area contributed by atoms with Crippen LogP contribution in [0.4, 0.5) is 8.78 Å². The molecule has 0 N–H and O–H groups in total. The summed E-state index contributed by atoms with van der Waals surface area (Å²) in [6.07, 6.45) is 0.908. The minimum atomic E-state index is -2.67. The van der Waals surface area contributed by atoms with Gasteiger partial charge in [0.25, 0.3) is 12.2 Å². The zero-order chi connectivity index (χ0) is 19.7. The maximum absolute atomic E-state index is 13.4. The van der Waals surface area contributed by atoms with E-state index in [0.29, 0.717) is 18.8 Å². The van der Waals surface area contributed by atoms with Crippen molar-refractivity contribution in [2.75, 3.05) is 13.1 Å². The highest BCUT2D eigenvalue weighted by molar-refractivity contribution is 7.09. The predicted molar refractivity (Wildman–Crippen MR) is 101 cm³/mol. The monoisotopic (exact) mass is 405 g/mol. The number of carbonyl (C=O) groups excluding carboxylic acids is 1. The van der Waals surface area contributed by atoms with Crippen molar-refractivity contribution in [3.63, 3.8) is 0 Å². The quantitative estimate of drug-likeness (QED) is 0.649. The van der Waals surface area contributed by atoms with Gasteiger partial charge in [0, 0.05) is 29.8 Å². The molecule has 0 spiro atoms. The third kappa shape index (κ3) is 3.76. The zero-order valence-corrected chi connectivity index (χ0v) is 16.3. The minimum Gasteiger partial charge on any atom is -0.342 e. The number of halogens is 2. The molecule has 9 heteroatoms. The summed E-state index contributed by atoms with van der Waals surface area (Å²) in [5.74, 6) is 0.0878. The maximum Gasteiger partial charge on any atom is 0.280 e. The molecule has 0 aromatic carbocycles. The summed E-state index contributed by atoms with van der Waals surface area (Å²) in [4.78, 5) is 24.3. The van der Waals surface area contributed by atoms with Crippen molar-refractivity contribution in [1.82, 2.24) is 24.5 Å². The van der Waals surface area contributed by atoms with Crippen molar-refractivity contribution < 1.29 is 13.6 Å². The van der Waals surface area contributed by atoms with Gasteiger partial charge < -0.3 is 4.90 Å². The molecule has 6 nitrogen and oxygen atoms in total. The van der Waals surface area contributed by atoms with Gasteiger partial charge in [-0.1, -0.05) is 13.0 Å². The van der Waals surface area contributed by atoms with Crippen LogP contribution in [-0.4, -0.2) is 43.5 Å². The molecule has 0 saturated carbocycles. The largest absolute Gasteiger partial charge is 0.342 e. The topological polar surface area (TPSA) is 63.4 Å². The molecule has 4 heterocycles. The maximum atomic E-state index is 13.4. The summed E-state index contributed by atoms with van der Waals surface area (Å²) in [6, 6.07) is 5.43. The van der Waals surface area contributed by atoms with Gasteiger partial charge in [0.1, 0.15) is 12.0 Å². The summed E-state index contributed by atoms with van der Waals surface area (Å²) in [6.45, 7) is 3.13. The number of rotatable bonds is 5. The lowest BCUT2D eigenvalue weighted by molar-refractivity contribution is -0.136. The van der Waals surface area contributed by atoms with Crippen LogP contribution in [-0.2, 0) is 11.2 Å². The fourth-order valence-corrected chi connectivity index (χ4v) is 4.60. The smallest absolute Gasteiger partial charge is 0.280 e. The number of alkyl halides is 2. The van der Waals surface area contributed by atoms with E-state index >= 15 is 0 Å². The summed E-state index contributed by atoms with van der Waals surface area (Å²) < 4.78 is 27.9. The molecular weight excluding hydrogens is 384 g/mol. The zero-order valence-electron chi connectivity index (χ0n) is 15.5. The molecule has 3 aromatic rings. The number of likely N-dealkylation sites (tertiary alicyclic amines) is 1. The molecule has 0 unspecified atom stereocenters. The molecule has 1 aliphatic rings. The number of hydrogen-bond acceptors (Lipinski definition) is 5. The molecule has 4 rings (SSSR count). The van der Waals surface area contributed by atoms with Crippen molar-refractivity contribution in [2.24, 2.45) is 5.92 Å². The Kier molecular flexibility index (Phi) is 5.34. The van der Waals surface area contributed by atoms with Crippen LogP contribution in [0, 0.1) is 5.92 Å². The lowest BCUT2D eigenvalue weighted by atomic mass is 9.92. The van der Waals surface area contributed by atoms with Gasteiger partial charge in [0.2, 0.25) is 5.91 Å². The first kappa shape index (κ1) is 18.9. The Morgan fingerprint density at radius 2 is 2.29 bits per heavy atom. The predicted octanol–water partition coefficient (Wildman–Crippen LogP) is 3.71. The average molecular weight is 405 g/mol. The second-order valence-electron chi connectivity index (χ2n) is 7.19. The molecule has 0 bridgehead atoms. The third-order valence-corrected chi connectivity index (χ3v) is 6.08. The lowest BCUT2D eigenvalue weighted by Crippen LogP contribution is -2.42. The van der Waals surface area contributed by atoms with Crippen molar-refractivity contribution >= 4 is 23.0 Å². The van der Waals surface area contributed by atoms with Gasteiger partial charge in [-0.3, -0.25) is 4.79 Å². The van der Waals surface area contributed by atoms with Crippen molar-refractivity contribution in [1.29, 1.82) is 0 Å². The van der Waals surface area contributed by atoms with Gasteiger partial charge in [0.15, 0.2) is 0 Å². The van der Waals surface area contributed by atoms with Crippen LogP contribution in [0.1, 0.15) is 48.4 Å². The summed E-state index contributed by atoms with van der Waals surface area (Å²) in [5, 5.41) is 5.84. The molecule has 3 aromatic heterocycles. The van der Waals surface area contributed by atoms with E-state index in [0.717, 1.165) is 23.8 Å². The number of hydrogen-bond donors (Lipinski definition) is 0. The van der Waals surface area contributed by atoms with Gasteiger partial charge >= 0.3 is 0 Å². The highest BCUT2D eigenvalue weighted by atomic mass is 32.1. The highest BCUT2D eigenvalue weighted by Crippen LogP contribution is 2.30. The van der Waals surface area contributed by atoms with Crippen LogP contribution in [0.3, 0.4) is 0 Å². The molecule has 148 valence electrons. The fourth-order valence-electron chi connectivity index (χ4n) is 3.77. The van der Waals surface area contributed by atoms with Gasteiger partial charge in [-0.15, -0.1) is 11.3 Å². The SMILES string of the molecule is C[C@@H](Cc1cccs1)C(=O)N1CCC[C@H](c2cc(C(F)F)n3ncnc3n2)C1. The van der Waals surface area contributed by atoms with Crippen molar-refractivity contribution in [3.05, 3.63) is 46.2 Å². The van der Waals surface area contributed by atoms with Crippen LogP contribution >= 0.6 is 11.3 Å². The third-order valence-electron chi connectivity index (χ3n) is 5.18. The first-order valence-corrected chi connectivity index (χ1v) is 10.2. The number of piperidine rings is 1. The van der Waals surface area contributed by atoms with E-state index in [4.69, 9.17) is 0 Å². The van der Waals surface area contributed by atoms with E-state index in [2.05, 4.69) is 15.1 Å². The summed E-state index contributed by atoms with van der Waals surface area (Å²) >= 11 is 1.65. The Morgan fingerprint density at radius 3 is 3.04 bits per heavy atom. The molecule has 0 radical (unpaired) electrons. The van der Waals surface area contributed by atoms with Crippen LogP contribution < -0.4 is 0 Å². The van der Waals surface area contributed by atoms with Gasteiger partial charge in [-0.05, 0) is 36.8 Å². The Bertz CT molecular complexity index is 959. The lowest BCUT2D eigenvalue weighted by Gasteiger charge is -2.34. The van der Waals surface area contributed by atoms with Crippen LogP contribution in [0.2, 0.25) is 0 Å². The highest BCUT2D eigenvalue weighted by Gasteiger charge is 2.29. The van der Waals surface area contributed by atoms with E-state index in [1.807, 2.05) is 29.3 Å². The van der Waals surface area contributed by atoms with Crippen molar-refractivity contribution in [2.45, 2.75) is 38.5 Å². The number of aromatic nitrogens is 4. The normalized spacial score (nSPS) is 18.7. The van der Waals surface area contributed by atoms with E-state index in [9.17, 15) is 13.6 Å². The standard InChI is InChI=1S/C19H21F2N5OS/c1-12(8-14-5-3-7-28-14)18(27)25-6-2-4-13(10-25)15-9-16(17(20)21)26-19(24-15)22-11-23-26/h3,5,7,9,11-13,17H,2,4,6,8,10H2,1H3/t12-,13-/m0/s1. The molecule has 28 heavy (non-hydrogen) atoms. The number of carbonyl (C=O) groups is 1. The molecule has 1 saturated heterocycles. The van der Waals surface area contributed by atoms with E-state index in [-0.39, 0.29) is 29.2 Å². The molecule has 0 aliphatic carbocycles. The Morgan fingerprint density at radius 1 is 1.43 bits per heavy atom. The van der Waals surface area contributed by atoms with Crippen LogP contribution in [0.25, 0.3) is 5.78 Å². The average Bonchev–Trinajstić information content (AvgIpc) is 3.38. The summed E-state index contributed by atoms with van der Waals surface area (Å²) in [7, 11) is 0. The van der Waals surface area contributed by atoms with Gasteiger partial charge in [-0.25, -0.2) is 13.8 Å². The molecule has 2 atom stereocenters. The molecule has 1 amide bonds. The van der Waals surface area contributed by atoms with E-state index in [1.54, 1.807) is 11.3 Å². The second-order valence-corrected chi connectivity index (χ2v) is 8.22. The Hall–Kier alpha value is -2.42. The number of thiophene rings is 1. The van der Waals surface area contributed by atoms with Crippen LogP contribution in [0.15, 0.2) is 29.9 Å². The van der Waals surface area contributed by atoms with Crippen molar-refractivity contribution in [3.8, 4) is 0 Å². The molecule has 1 aliphatic heterocycles. The van der Waals surface area contributed by atoms with E-state index < -0.39 is 6.43 Å². The van der Waals surface area contributed by atoms with Gasteiger partial charge in [0.05, 0.1) is 5.69 Å². The Labute approximate surface area is 165 Å². The number of nitrogens with zero attached hydrogens (tertiary/aromatic N) is 5. The van der Waals surface area contributed by atoms with Crippen LogP contribution in [0.5, 0.6) is 0 Å². The number of fused-ring (bicyclic) bond motifs is 1. The first-order chi connectivity index (χ1) is 13.5. The fraction of sp³-hybridized carbons (Fsp3) is 0.474.